The molecular weight excluding hydrogens is 850 g/mol. The molecule has 0 bridgehead atoms. The monoisotopic (exact) mass is 868 g/mol. The van der Waals surface area contributed by atoms with Gasteiger partial charge in [0.05, 0.1) is 39.6 Å². The normalized spacial score (nSPS) is 24.7. The molecule has 0 radical (unpaired) electrons. The predicted octanol–water partition coefficient (Wildman–Crippen LogP) is 6.66. The largest absolute Gasteiger partial charge is 0.474 e. The Bertz CT molecular complexity index is 594. The molecule has 2 saturated heterocycles. The van der Waals surface area contributed by atoms with E-state index < -0.39 is 21.1 Å². The third-order valence-corrected chi connectivity index (χ3v) is 14.7. The lowest BCUT2D eigenvalue weighted by Gasteiger charge is -2.39. The van der Waals surface area contributed by atoms with E-state index in [2.05, 4.69) is 95.6 Å². The minimum absolute atomic E-state index is 0.0247. The number of alkyl halides is 6. The van der Waals surface area contributed by atoms with Crippen LogP contribution in [0.2, 0.25) is 0 Å². The van der Waals surface area contributed by atoms with Gasteiger partial charge < -0.3 is 0 Å². The summed E-state index contributed by atoms with van der Waals surface area (Å²) in [7, 11) is -7.44. The first kappa shape index (κ1) is 30.3. The van der Waals surface area contributed by atoms with Crippen molar-refractivity contribution >= 4 is 111 Å². The Hall–Kier alpha value is 3.10. The smallest absolute Gasteiger partial charge is 0.286 e. The van der Waals surface area contributed by atoms with E-state index in [4.69, 9.17) is 27.1 Å². The van der Waals surface area contributed by atoms with E-state index in [0.717, 1.165) is 0 Å². The minimum atomic E-state index is -3.72. The molecule has 2 aliphatic rings. The Morgan fingerprint density at radius 3 is 1.16 bits per heavy atom. The van der Waals surface area contributed by atoms with E-state index in [-0.39, 0.29) is 50.5 Å². The summed E-state index contributed by atoms with van der Waals surface area (Å²) in [4.78, 5) is 0. The van der Waals surface area contributed by atoms with Gasteiger partial charge in [0.15, 0.2) is 0 Å². The highest BCUT2D eigenvalue weighted by Crippen LogP contribution is 2.58. The second kappa shape index (κ2) is 13.1. The van der Waals surface area contributed by atoms with Crippen LogP contribution < -0.4 is 0 Å². The van der Waals surface area contributed by atoms with Crippen LogP contribution in [0.4, 0.5) is 0 Å². The van der Waals surface area contributed by atoms with Crippen LogP contribution >= 0.6 is 111 Å². The van der Waals surface area contributed by atoms with Gasteiger partial charge in [-0.3, -0.25) is 27.1 Å². The van der Waals surface area contributed by atoms with Gasteiger partial charge in [-0.2, -0.15) is 0 Å². The molecule has 8 nitrogen and oxygen atoms in total. The molecule has 2 fully saturated rings. The highest BCUT2D eigenvalue weighted by molar-refractivity contribution is 9.10. The van der Waals surface area contributed by atoms with Gasteiger partial charge in [-0.25, -0.2) is 9.13 Å². The molecule has 0 aromatic rings. The molecule has 2 heterocycles. The molecule has 0 aliphatic carbocycles. The maximum Gasteiger partial charge on any atom is 0.474 e. The molecule has 0 N–H and O–H groups in total. The standard InChI is InChI=1S/C15H24Br6O8P2/c16-1-13(2-17,7-24-30(22)26-9-14(3-18,4-19)10-27-30)8-25-31(23)28-11-15(5-20,6-21)12-29-31/h1-12H2. The number of hydrogen-bond acceptors (Lipinski definition) is 8. The second-order valence-corrected chi connectivity index (χ2v) is 14.5. The van der Waals surface area contributed by atoms with Crippen LogP contribution in [0.3, 0.4) is 0 Å². The van der Waals surface area contributed by atoms with E-state index >= 15 is 0 Å². The van der Waals surface area contributed by atoms with Crippen LogP contribution in [0.1, 0.15) is 0 Å². The topological polar surface area (TPSA) is 89.5 Å². The molecule has 31 heavy (non-hydrogen) atoms. The average Bonchev–Trinajstić information content (AvgIpc) is 2.82. The molecule has 184 valence electrons. The van der Waals surface area contributed by atoms with Crippen molar-refractivity contribution in [2.45, 2.75) is 0 Å². The molecule has 0 aromatic heterocycles. The average molecular weight is 874 g/mol. The van der Waals surface area contributed by atoms with Gasteiger partial charge in [-0.1, -0.05) is 95.6 Å². The summed E-state index contributed by atoms with van der Waals surface area (Å²) in [6, 6.07) is 0. The fourth-order valence-electron chi connectivity index (χ4n) is 2.21. The minimum Gasteiger partial charge on any atom is -0.286 e. The van der Waals surface area contributed by atoms with Crippen molar-refractivity contribution < 1.29 is 36.3 Å². The molecular formula is C15H24Br6O8P2. The highest BCUT2D eigenvalue weighted by Gasteiger charge is 2.46. The SMILES string of the molecule is O=P1(OCC(CBr)(CBr)COP2(=O)OCC(CBr)(CBr)CO2)OCC(CBr)(CBr)CO1. The van der Waals surface area contributed by atoms with Crippen LogP contribution in [0, 0.1) is 16.2 Å². The van der Waals surface area contributed by atoms with Crippen molar-refractivity contribution in [1.82, 2.24) is 0 Å². The molecule has 2 aliphatic heterocycles. The van der Waals surface area contributed by atoms with Gasteiger partial charge in [0.1, 0.15) is 0 Å². The Labute approximate surface area is 233 Å². The van der Waals surface area contributed by atoms with Gasteiger partial charge in [0.2, 0.25) is 0 Å². The second-order valence-electron chi connectivity index (χ2n) is 7.84. The van der Waals surface area contributed by atoms with Gasteiger partial charge in [0, 0.05) is 48.2 Å². The fourth-order valence-corrected chi connectivity index (χ4v) is 9.98. The Morgan fingerprint density at radius 1 is 0.645 bits per heavy atom. The van der Waals surface area contributed by atoms with E-state index in [1.54, 1.807) is 0 Å². The van der Waals surface area contributed by atoms with Crippen molar-refractivity contribution in [2.75, 3.05) is 71.6 Å². The summed E-state index contributed by atoms with van der Waals surface area (Å²) in [6.45, 7) is 0.866. The Balaban J connectivity index is 1.94. The van der Waals surface area contributed by atoms with Crippen LogP contribution in [-0.2, 0) is 36.3 Å². The van der Waals surface area contributed by atoms with Crippen molar-refractivity contribution in [3.63, 3.8) is 0 Å². The molecule has 0 unspecified atom stereocenters. The van der Waals surface area contributed by atoms with Crippen LogP contribution in [0.25, 0.3) is 0 Å². The van der Waals surface area contributed by atoms with Crippen molar-refractivity contribution in [3.05, 3.63) is 0 Å². The molecule has 0 atom stereocenters. The zero-order chi connectivity index (χ0) is 23.2. The molecule has 0 spiro atoms. The first-order valence-electron chi connectivity index (χ1n) is 9.04. The Morgan fingerprint density at radius 2 is 0.935 bits per heavy atom. The summed E-state index contributed by atoms with van der Waals surface area (Å²) in [5, 5.41) is 3.34. The Kier molecular flexibility index (Phi) is 12.8. The first-order valence-corrected chi connectivity index (χ1v) is 18.7. The van der Waals surface area contributed by atoms with E-state index in [9.17, 15) is 9.13 Å². The maximum absolute atomic E-state index is 12.9. The van der Waals surface area contributed by atoms with E-state index in [0.29, 0.717) is 32.0 Å². The van der Waals surface area contributed by atoms with Crippen LogP contribution in [0.15, 0.2) is 0 Å². The van der Waals surface area contributed by atoms with Gasteiger partial charge >= 0.3 is 15.6 Å². The molecule has 2 rings (SSSR count). The number of hydrogen-bond donors (Lipinski definition) is 0. The zero-order valence-electron chi connectivity index (χ0n) is 16.4. The summed E-state index contributed by atoms with van der Waals surface area (Å²) < 4.78 is 58.8. The van der Waals surface area contributed by atoms with Gasteiger partial charge in [0.25, 0.3) is 0 Å². The van der Waals surface area contributed by atoms with Crippen molar-refractivity contribution in [3.8, 4) is 0 Å². The van der Waals surface area contributed by atoms with Crippen LogP contribution in [0.5, 0.6) is 0 Å². The predicted molar refractivity (Wildman–Crippen MR) is 141 cm³/mol. The van der Waals surface area contributed by atoms with Crippen molar-refractivity contribution in [1.29, 1.82) is 0 Å². The maximum atomic E-state index is 12.9. The lowest BCUT2D eigenvalue weighted by atomic mass is 9.96. The first-order chi connectivity index (χ1) is 14.6. The fraction of sp³-hybridized carbons (Fsp3) is 1.00. The molecule has 16 heteroatoms. The lowest BCUT2D eigenvalue weighted by molar-refractivity contribution is -0.0195. The van der Waals surface area contributed by atoms with E-state index in [1.165, 1.54) is 0 Å². The van der Waals surface area contributed by atoms with E-state index in [1.807, 2.05) is 0 Å². The third-order valence-electron chi connectivity index (χ3n) is 4.87. The summed E-state index contributed by atoms with van der Waals surface area (Å²) in [6.07, 6.45) is 0. The molecule has 0 saturated carbocycles. The number of phosphoric ester groups is 2. The van der Waals surface area contributed by atoms with Gasteiger partial charge in [-0.15, -0.1) is 0 Å². The summed E-state index contributed by atoms with van der Waals surface area (Å²) in [5.41, 5.74) is -1.33. The zero-order valence-corrected chi connectivity index (χ0v) is 27.7. The number of phosphoric acid groups is 2. The third kappa shape index (κ3) is 8.04. The quantitative estimate of drug-likeness (QED) is 0.159. The van der Waals surface area contributed by atoms with Gasteiger partial charge in [-0.05, 0) is 0 Å². The highest BCUT2D eigenvalue weighted by atomic mass is 79.9. The molecule has 0 aromatic carbocycles. The van der Waals surface area contributed by atoms with Crippen LogP contribution in [-0.4, -0.2) is 71.6 Å². The number of halogens is 6. The number of rotatable bonds is 12. The lowest BCUT2D eigenvalue weighted by Crippen LogP contribution is -2.41. The molecule has 0 amide bonds. The van der Waals surface area contributed by atoms with Crippen molar-refractivity contribution in [2.24, 2.45) is 16.2 Å². The summed E-state index contributed by atoms with van der Waals surface area (Å²) >= 11 is 20.6. The summed E-state index contributed by atoms with van der Waals surface area (Å²) in [5.74, 6) is 0.